The van der Waals surface area contributed by atoms with E-state index in [1.54, 1.807) is 24.3 Å². The second-order valence-corrected chi connectivity index (χ2v) is 6.53. The highest BCUT2D eigenvalue weighted by molar-refractivity contribution is 8.18. The van der Waals surface area contributed by atoms with E-state index in [9.17, 15) is 9.18 Å². The van der Waals surface area contributed by atoms with Crippen molar-refractivity contribution in [3.8, 4) is 11.5 Å². The first-order valence-corrected chi connectivity index (χ1v) is 8.36. The predicted octanol–water partition coefficient (Wildman–Crippen LogP) is 3.75. The normalized spacial score (nSPS) is 18.9. The molecule has 1 amide bonds. The van der Waals surface area contributed by atoms with Crippen molar-refractivity contribution in [3.05, 3.63) is 58.2 Å². The van der Waals surface area contributed by atoms with E-state index in [4.69, 9.17) is 9.47 Å². The minimum Gasteiger partial charge on any atom is -0.454 e. The average molecular weight is 356 g/mol. The number of carbonyl (C=O) groups excluding carboxylic acids is 1. The SMILES string of the molecule is Cc1cc2c(cc1C=C1SC(=Nc3ccccc3F)NC1=O)OCO2. The van der Waals surface area contributed by atoms with Gasteiger partial charge in [-0.1, -0.05) is 12.1 Å². The molecule has 7 heteroatoms. The first-order chi connectivity index (χ1) is 12.1. The van der Waals surface area contributed by atoms with Gasteiger partial charge in [0.2, 0.25) is 6.79 Å². The Labute approximate surface area is 147 Å². The number of fused-ring (bicyclic) bond motifs is 1. The molecule has 2 aromatic carbocycles. The fourth-order valence-electron chi connectivity index (χ4n) is 2.49. The van der Waals surface area contributed by atoms with Gasteiger partial charge in [0.15, 0.2) is 16.7 Å². The van der Waals surface area contributed by atoms with Crippen LogP contribution >= 0.6 is 11.8 Å². The number of thioether (sulfide) groups is 1. The summed E-state index contributed by atoms with van der Waals surface area (Å²) in [5.41, 5.74) is 2.00. The molecule has 25 heavy (non-hydrogen) atoms. The van der Waals surface area contributed by atoms with Crippen molar-refractivity contribution in [1.82, 2.24) is 5.32 Å². The zero-order chi connectivity index (χ0) is 17.4. The molecule has 0 bridgehead atoms. The standard InChI is InChI=1S/C18H13FN2O3S/c1-10-6-14-15(24-9-23-14)7-11(10)8-16-17(22)21-18(25-16)20-13-5-3-2-4-12(13)19/h2-8H,9H2,1H3,(H,20,21,22). The summed E-state index contributed by atoms with van der Waals surface area (Å²) < 4.78 is 24.4. The van der Waals surface area contributed by atoms with Crippen LogP contribution < -0.4 is 14.8 Å². The number of aryl methyl sites for hydroxylation is 1. The maximum atomic E-state index is 13.7. The van der Waals surface area contributed by atoms with E-state index in [0.717, 1.165) is 11.1 Å². The Morgan fingerprint density at radius 2 is 2.00 bits per heavy atom. The second kappa shape index (κ2) is 6.25. The number of ether oxygens (including phenoxy) is 2. The van der Waals surface area contributed by atoms with Crippen LogP contribution in [0.2, 0.25) is 0 Å². The maximum Gasteiger partial charge on any atom is 0.264 e. The molecule has 2 heterocycles. The summed E-state index contributed by atoms with van der Waals surface area (Å²) in [5, 5.41) is 3.00. The van der Waals surface area contributed by atoms with Crippen LogP contribution in [0.25, 0.3) is 6.08 Å². The molecule has 2 aliphatic heterocycles. The van der Waals surface area contributed by atoms with Crippen LogP contribution in [0.1, 0.15) is 11.1 Å². The number of amidine groups is 1. The summed E-state index contributed by atoms with van der Waals surface area (Å²) in [4.78, 5) is 16.8. The number of rotatable bonds is 2. The van der Waals surface area contributed by atoms with Gasteiger partial charge < -0.3 is 14.8 Å². The lowest BCUT2D eigenvalue weighted by molar-refractivity contribution is -0.115. The summed E-state index contributed by atoms with van der Waals surface area (Å²) in [6, 6.07) is 9.88. The molecule has 0 radical (unpaired) electrons. The molecule has 0 aliphatic carbocycles. The molecule has 2 aromatic rings. The Morgan fingerprint density at radius 1 is 1.24 bits per heavy atom. The summed E-state index contributed by atoms with van der Waals surface area (Å²) in [7, 11) is 0. The Kier molecular flexibility index (Phi) is 3.93. The number of amides is 1. The molecule has 126 valence electrons. The van der Waals surface area contributed by atoms with Crippen LogP contribution in [0.3, 0.4) is 0 Å². The molecular weight excluding hydrogens is 343 g/mol. The molecule has 1 fully saturated rings. The van der Waals surface area contributed by atoms with E-state index < -0.39 is 5.82 Å². The molecule has 0 aromatic heterocycles. The van der Waals surface area contributed by atoms with Gasteiger partial charge in [-0.15, -0.1) is 0 Å². The van der Waals surface area contributed by atoms with E-state index in [1.807, 2.05) is 19.1 Å². The smallest absolute Gasteiger partial charge is 0.264 e. The zero-order valence-corrected chi connectivity index (χ0v) is 14.0. The lowest BCUT2D eigenvalue weighted by Gasteiger charge is -2.03. The van der Waals surface area contributed by atoms with Crippen LogP contribution in [-0.4, -0.2) is 17.9 Å². The third-order valence-corrected chi connectivity index (χ3v) is 4.68. The van der Waals surface area contributed by atoms with Crippen molar-refractivity contribution in [1.29, 1.82) is 0 Å². The minimum absolute atomic E-state index is 0.186. The van der Waals surface area contributed by atoms with Gasteiger partial charge in [-0.3, -0.25) is 4.79 Å². The lowest BCUT2D eigenvalue weighted by Crippen LogP contribution is -2.19. The van der Waals surface area contributed by atoms with E-state index in [-0.39, 0.29) is 18.4 Å². The van der Waals surface area contributed by atoms with Gasteiger partial charge in [0.05, 0.1) is 4.91 Å². The predicted molar refractivity (Wildman–Crippen MR) is 94.5 cm³/mol. The van der Waals surface area contributed by atoms with Crippen molar-refractivity contribution >= 4 is 34.6 Å². The highest BCUT2D eigenvalue weighted by Crippen LogP contribution is 2.36. The average Bonchev–Trinajstić information content (AvgIpc) is 3.16. The van der Waals surface area contributed by atoms with Gasteiger partial charge in [0.1, 0.15) is 11.5 Å². The van der Waals surface area contributed by atoms with Crippen molar-refractivity contribution < 1.29 is 18.7 Å². The van der Waals surface area contributed by atoms with E-state index >= 15 is 0 Å². The van der Waals surface area contributed by atoms with E-state index in [1.165, 1.54) is 17.8 Å². The number of hydrogen-bond acceptors (Lipinski definition) is 5. The van der Waals surface area contributed by atoms with E-state index in [2.05, 4.69) is 10.3 Å². The lowest BCUT2D eigenvalue weighted by atomic mass is 10.1. The van der Waals surface area contributed by atoms with Gasteiger partial charge in [0, 0.05) is 0 Å². The topological polar surface area (TPSA) is 59.9 Å². The fourth-order valence-corrected chi connectivity index (χ4v) is 3.31. The summed E-state index contributed by atoms with van der Waals surface area (Å²) >= 11 is 1.17. The molecule has 1 N–H and O–H groups in total. The molecule has 2 aliphatic rings. The number of hydrogen-bond donors (Lipinski definition) is 1. The molecule has 5 nitrogen and oxygen atoms in total. The zero-order valence-electron chi connectivity index (χ0n) is 13.2. The summed E-state index contributed by atoms with van der Waals surface area (Å²) in [6.45, 7) is 2.13. The molecule has 4 rings (SSSR count). The maximum absolute atomic E-state index is 13.7. The number of halogens is 1. The Balaban J connectivity index is 1.63. The number of benzene rings is 2. The molecule has 0 saturated carbocycles. The molecule has 0 unspecified atom stereocenters. The Hall–Kier alpha value is -2.80. The molecular formula is C18H13FN2O3S. The first-order valence-electron chi connectivity index (χ1n) is 7.54. The third kappa shape index (κ3) is 3.10. The quantitative estimate of drug-likeness (QED) is 0.833. The highest BCUT2D eigenvalue weighted by Gasteiger charge is 2.25. The number of carbonyl (C=O) groups is 1. The largest absolute Gasteiger partial charge is 0.454 e. The van der Waals surface area contributed by atoms with Crippen LogP contribution in [0.5, 0.6) is 11.5 Å². The Morgan fingerprint density at radius 3 is 2.80 bits per heavy atom. The van der Waals surface area contributed by atoms with E-state index in [0.29, 0.717) is 21.6 Å². The monoisotopic (exact) mass is 356 g/mol. The second-order valence-electron chi connectivity index (χ2n) is 5.50. The first kappa shape index (κ1) is 15.7. The van der Waals surface area contributed by atoms with Crippen molar-refractivity contribution in [2.24, 2.45) is 4.99 Å². The highest BCUT2D eigenvalue weighted by atomic mass is 32.2. The van der Waals surface area contributed by atoms with Gasteiger partial charge in [-0.05, 0) is 60.2 Å². The number of para-hydroxylation sites is 1. The van der Waals surface area contributed by atoms with Crippen LogP contribution in [0, 0.1) is 12.7 Å². The molecule has 0 atom stereocenters. The van der Waals surface area contributed by atoms with Gasteiger partial charge >= 0.3 is 0 Å². The van der Waals surface area contributed by atoms with Crippen LogP contribution in [0.15, 0.2) is 46.3 Å². The number of aliphatic imine (C=N–C) groups is 1. The minimum atomic E-state index is -0.436. The number of nitrogens with one attached hydrogen (secondary N) is 1. The molecule has 1 saturated heterocycles. The van der Waals surface area contributed by atoms with Crippen molar-refractivity contribution in [3.63, 3.8) is 0 Å². The van der Waals surface area contributed by atoms with Crippen molar-refractivity contribution in [2.45, 2.75) is 6.92 Å². The molecule has 0 spiro atoms. The third-order valence-electron chi connectivity index (χ3n) is 3.77. The van der Waals surface area contributed by atoms with Gasteiger partial charge in [0.25, 0.3) is 5.91 Å². The Bertz CT molecular complexity index is 940. The van der Waals surface area contributed by atoms with Crippen LogP contribution in [0.4, 0.5) is 10.1 Å². The van der Waals surface area contributed by atoms with Gasteiger partial charge in [-0.25, -0.2) is 9.38 Å². The fraction of sp³-hybridized carbons (Fsp3) is 0.111. The summed E-state index contributed by atoms with van der Waals surface area (Å²) in [6.07, 6.45) is 1.77. The van der Waals surface area contributed by atoms with Crippen LogP contribution in [-0.2, 0) is 4.79 Å². The summed E-state index contributed by atoms with van der Waals surface area (Å²) in [5.74, 6) is 0.650. The van der Waals surface area contributed by atoms with Crippen molar-refractivity contribution in [2.75, 3.05) is 6.79 Å². The number of nitrogens with zero attached hydrogens (tertiary/aromatic N) is 1. The van der Waals surface area contributed by atoms with Gasteiger partial charge in [-0.2, -0.15) is 0 Å².